The Labute approximate surface area is 105 Å². The van der Waals surface area contributed by atoms with Gasteiger partial charge in [-0.3, -0.25) is 0 Å². The molecular weight excluding hydrogens is 214 g/mol. The normalized spacial score (nSPS) is 25.1. The Balaban J connectivity index is 2.15. The molecule has 1 N–H and O–H groups in total. The first-order valence-corrected chi connectivity index (χ1v) is 6.82. The Kier molecular flexibility index (Phi) is 6.94. The maximum absolute atomic E-state index is 11.1. The Bertz CT molecular complexity index is 251. The van der Waals surface area contributed by atoms with E-state index in [4.69, 9.17) is 4.74 Å². The largest absolute Gasteiger partial charge is 0.463 e. The second-order valence-corrected chi connectivity index (χ2v) is 4.70. The molecule has 0 aromatic rings. The summed E-state index contributed by atoms with van der Waals surface area (Å²) < 4.78 is 4.81. The molecule has 2 unspecified atom stereocenters. The number of rotatable bonds is 6. The number of carbonyl (C=O) groups is 1. The first kappa shape index (κ1) is 14.2. The van der Waals surface area contributed by atoms with Gasteiger partial charge in [0.2, 0.25) is 0 Å². The lowest BCUT2D eigenvalue weighted by molar-refractivity contribution is -0.137. The van der Waals surface area contributed by atoms with E-state index in [1.54, 1.807) is 0 Å². The van der Waals surface area contributed by atoms with Crippen molar-refractivity contribution in [3.05, 3.63) is 12.2 Å². The molecule has 2 atom stereocenters. The number of ether oxygens (including phenoxy) is 1. The lowest BCUT2D eigenvalue weighted by Gasteiger charge is -2.28. The molecule has 0 aromatic carbocycles. The van der Waals surface area contributed by atoms with Gasteiger partial charge in [-0.1, -0.05) is 32.3 Å². The van der Waals surface area contributed by atoms with Gasteiger partial charge in [-0.15, -0.1) is 0 Å². The summed E-state index contributed by atoms with van der Waals surface area (Å²) in [5, 5.41) is 3.49. The van der Waals surface area contributed by atoms with Gasteiger partial charge in [-0.25, -0.2) is 4.79 Å². The van der Waals surface area contributed by atoms with Crippen molar-refractivity contribution in [1.82, 2.24) is 5.32 Å². The third-order valence-electron chi connectivity index (χ3n) is 3.43. The lowest BCUT2D eigenvalue weighted by atomic mass is 9.84. The highest BCUT2D eigenvalue weighted by Gasteiger charge is 2.19. The molecular formula is C14H25NO2. The molecule has 0 aromatic heterocycles. The number of nitrogens with one attached hydrogen (secondary N) is 1. The van der Waals surface area contributed by atoms with E-state index >= 15 is 0 Å². The molecule has 1 aliphatic carbocycles. The van der Waals surface area contributed by atoms with Gasteiger partial charge in [0, 0.05) is 18.7 Å². The van der Waals surface area contributed by atoms with Gasteiger partial charge in [0.25, 0.3) is 0 Å². The van der Waals surface area contributed by atoms with Gasteiger partial charge in [-0.2, -0.15) is 0 Å². The second-order valence-electron chi connectivity index (χ2n) is 4.70. The predicted octanol–water partition coefficient (Wildman–Crippen LogP) is 2.66. The summed E-state index contributed by atoms with van der Waals surface area (Å²) in [6.45, 7) is 5.29. The number of hydrogen-bond donors (Lipinski definition) is 1. The van der Waals surface area contributed by atoms with Crippen molar-refractivity contribution in [3.8, 4) is 0 Å². The highest BCUT2D eigenvalue weighted by molar-refractivity contribution is 5.81. The number of esters is 1. The molecule has 17 heavy (non-hydrogen) atoms. The third-order valence-corrected chi connectivity index (χ3v) is 3.43. The summed E-state index contributed by atoms with van der Waals surface area (Å²) in [7, 11) is 0. The first-order valence-electron chi connectivity index (χ1n) is 6.82. The molecule has 1 fully saturated rings. The monoisotopic (exact) mass is 239 g/mol. The average molecular weight is 239 g/mol. The highest BCUT2D eigenvalue weighted by Crippen LogP contribution is 2.26. The summed E-state index contributed by atoms with van der Waals surface area (Å²) in [5.41, 5.74) is 0. The zero-order valence-corrected chi connectivity index (χ0v) is 11.1. The van der Waals surface area contributed by atoms with Crippen LogP contribution in [0.25, 0.3) is 0 Å². The van der Waals surface area contributed by atoms with E-state index in [0.29, 0.717) is 12.6 Å². The van der Waals surface area contributed by atoms with Crippen LogP contribution in [0, 0.1) is 5.92 Å². The Morgan fingerprint density at radius 3 is 2.94 bits per heavy atom. The van der Waals surface area contributed by atoms with Crippen LogP contribution in [-0.2, 0) is 9.53 Å². The standard InChI is InChI=1S/C14H25NO2/c1-3-12-7-5-8-13(11-12)15-10-6-9-14(16)17-4-2/h6,9,12-13,15H,3-5,7-8,10-11H2,1-2H3/b9-6+. The molecule has 1 aliphatic rings. The zero-order valence-electron chi connectivity index (χ0n) is 11.1. The van der Waals surface area contributed by atoms with Gasteiger partial charge in [-0.05, 0) is 25.7 Å². The predicted molar refractivity (Wildman–Crippen MR) is 69.8 cm³/mol. The molecule has 0 saturated heterocycles. The molecule has 3 nitrogen and oxygen atoms in total. The van der Waals surface area contributed by atoms with Crippen LogP contribution in [0.1, 0.15) is 46.0 Å². The molecule has 3 heteroatoms. The van der Waals surface area contributed by atoms with Crippen molar-refractivity contribution in [2.24, 2.45) is 5.92 Å². The Hall–Kier alpha value is -0.830. The van der Waals surface area contributed by atoms with Crippen LogP contribution in [0.3, 0.4) is 0 Å². The van der Waals surface area contributed by atoms with Crippen LogP contribution in [-0.4, -0.2) is 25.2 Å². The van der Waals surface area contributed by atoms with Crippen LogP contribution < -0.4 is 5.32 Å². The molecule has 1 rings (SSSR count). The van der Waals surface area contributed by atoms with Crippen LogP contribution in [0.4, 0.5) is 0 Å². The van der Waals surface area contributed by atoms with E-state index < -0.39 is 0 Å². The van der Waals surface area contributed by atoms with Crippen LogP contribution in [0.15, 0.2) is 12.2 Å². The van der Waals surface area contributed by atoms with Gasteiger partial charge < -0.3 is 10.1 Å². The third kappa shape index (κ3) is 5.87. The van der Waals surface area contributed by atoms with E-state index in [1.165, 1.54) is 38.2 Å². The fraction of sp³-hybridized carbons (Fsp3) is 0.786. The summed E-state index contributed by atoms with van der Waals surface area (Å²) in [6.07, 6.45) is 9.92. The summed E-state index contributed by atoms with van der Waals surface area (Å²) in [5.74, 6) is 0.639. The molecule has 0 radical (unpaired) electrons. The second kappa shape index (κ2) is 8.29. The van der Waals surface area contributed by atoms with E-state index in [1.807, 2.05) is 13.0 Å². The smallest absolute Gasteiger partial charge is 0.330 e. The van der Waals surface area contributed by atoms with Crippen molar-refractivity contribution < 1.29 is 9.53 Å². The molecule has 1 saturated carbocycles. The summed E-state index contributed by atoms with van der Waals surface area (Å²) in [6, 6.07) is 0.626. The highest BCUT2D eigenvalue weighted by atomic mass is 16.5. The topological polar surface area (TPSA) is 38.3 Å². The fourth-order valence-electron chi connectivity index (χ4n) is 2.43. The molecule has 0 heterocycles. The lowest BCUT2D eigenvalue weighted by Crippen LogP contribution is -2.34. The first-order chi connectivity index (χ1) is 8.26. The molecule has 98 valence electrons. The average Bonchev–Trinajstić information content (AvgIpc) is 2.35. The maximum atomic E-state index is 11.1. The molecule has 0 aliphatic heterocycles. The summed E-state index contributed by atoms with van der Waals surface area (Å²) >= 11 is 0. The van der Waals surface area contributed by atoms with Crippen LogP contribution >= 0.6 is 0 Å². The van der Waals surface area contributed by atoms with Crippen molar-refractivity contribution in [1.29, 1.82) is 0 Å². The van der Waals surface area contributed by atoms with Crippen molar-refractivity contribution in [2.45, 2.75) is 52.0 Å². The van der Waals surface area contributed by atoms with Crippen molar-refractivity contribution in [2.75, 3.05) is 13.2 Å². The van der Waals surface area contributed by atoms with Crippen molar-refractivity contribution in [3.63, 3.8) is 0 Å². The van der Waals surface area contributed by atoms with E-state index in [2.05, 4.69) is 12.2 Å². The molecule has 0 spiro atoms. The zero-order chi connectivity index (χ0) is 12.5. The fourth-order valence-corrected chi connectivity index (χ4v) is 2.43. The minimum Gasteiger partial charge on any atom is -0.463 e. The minimum absolute atomic E-state index is 0.246. The van der Waals surface area contributed by atoms with E-state index in [0.717, 1.165) is 12.5 Å². The van der Waals surface area contributed by atoms with Crippen molar-refractivity contribution >= 4 is 5.97 Å². The summed E-state index contributed by atoms with van der Waals surface area (Å²) in [4.78, 5) is 11.1. The van der Waals surface area contributed by atoms with E-state index in [9.17, 15) is 4.79 Å². The Morgan fingerprint density at radius 1 is 1.41 bits per heavy atom. The van der Waals surface area contributed by atoms with E-state index in [-0.39, 0.29) is 5.97 Å². The van der Waals surface area contributed by atoms with Crippen LogP contribution in [0.5, 0.6) is 0 Å². The van der Waals surface area contributed by atoms with Gasteiger partial charge in [0.1, 0.15) is 0 Å². The number of hydrogen-bond acceptors (Lipinski definition) is 3. The van der Waals surface area contributed by atoms with Gasteiger partial charge in [0.15, 0.2) is 0 Å². The maximum Gasteiger partial charge on any atom is 0.330 e. The molecule has 0 amide bonds. The SMILES string of the molecule is CCOC(=O)/C=C/CNC1CCCC(CC)C1. The van der Waals surface area contributed by atoms with Crippen LogP contribution in [0.2, 0.25) is 0 Å². The quantitative estimate of drug-likeness (QED) is 0.572. The Morgan fingerprint density at radius 2 is 2.24 bits per heavy atom. The van der Waals surface area contributed by atoms with Gasteiger partial charge in [0.05, 0.1) is 6.61 Å². The number of carbonyl (C=O) groups excluding carboxylic acids is 1. The van der Waals surface area contributed by atoms with Gasteiger partial charge >= 0.3 is 5.97 Å². The minimum atomic E-state index is -0.246. The molecule has 0 bridgehead atoms.